The van der Waals surface area contributed by atoms with Crippen LogP contribution in [0.25, 0.3) is 0 Å². The molecule has 1 aliphatic heterocycles. The Morgan fingerprint density at radius 1 is 1.19 bits per heavy atom. The highest BCUT2D eigenvalue weighted by atomic mass is 32.2. The summed E-state index contributed by atoms with van der Waals surface area (Å²) in [4.78, 5) is 18.5. The normalized spacial score (nSPS) is 18.2. The van der Waals surface area contributed by atoms with Crippen molar-refractivity contribution >= 4 is 21.9 Å². The van der Waals surface area contributed by atoms with E-state index >= 15 is 4.39 Å². The Kier molecular flexibility index (Phi) is 5.29. The van der Waals surface area contributed by atoms with E-state index in [9.17, 15) is 13.2 Å². The van der Waals surface area contributed by atoms with E-state index in [0.29, 0.717) is 43.1 Å². The predicted molar refractivity (Wildman–Crippen MR) is 125 cm³/mol. The van der Waals surface area contributed by atoms with Gasteiger partial charge in [0.15, 0.2) is 11.6 Å². The molecule has 0 bridgehead atoms. The first-order valence-electron chi connectivity index (χ1n) is 11.6. The minimum absolute atomic E-state index is 0.0946. The summed E-state index contributed by atoms with van der Waals surface area (Å²) in [6.07, 6.45) is 5.61. The van der Waals surface area contributed by atoms with Crippen molar-refractivity contribution in [2.24, 2.45) is 0 Å². The highest BCUT2D eigenvalue weighted by molar-refractivity contribution is 7.93. The molecule has 1 aromatic carbocycles. The third kappa shape index (κ3) is 3.91. The molecule has 0 unspecified atom stereocenters. The fraction of sp³-hybridized carbons (Fsp3) is 0.333. The van der Waals surface area contributed by atoms with Crippen LogP contribution in [0.15, 0.2) is 48.8 Å². The van der Waals surface area contributed by atoms with Gasteiger partial charge < -0.3 is 9.47 Å². The average molecular weight is 512 g/mol. The fourth-order valence-electron chi connectivity index (χ4n) is 4.68. The van der Waals surface area contributed by atoms with Gasteiger partial charge in [-0.1, -0.05) is 0 Å². The minimum Gasteiger partial charge on any atom is -0.437 e. The molecular weight excluding hydrogens is 489 g/mol. The molecule has 12 heteroatoms. The third-order valence-corrected chi connectivity index (χ3v) is 8.67. The molecule has 0 radical (unpaired) electrons. The van der Waals surface area contributed by atoms with Gasteiger partial charge in [-0.05, 0) is 56.4 Å². The molecule has 1 amide bonds. The number of ether oxygens (including phenoxy) is 2. The zero-order valence-corrected chi connectivity index (χ0v) is 19.9. The molecule has 0 saturated heterocycles. The van der Waals surface area contributed by atoms with Crippen LogP contribution in [0.5, 0.6) is 17.4 Å². The lowest BCUT2D eigenvalue weighted by Crippen LogP contribution is -2.57. The summed E-state index contributed by atoms with van der Waals surface area (Å²) in [5, 5.41) is 7.16. The second-order valence-electron chi connectivity index (χ2n) is 9.14. The average Bonchev–Trinajstić information content (AvgIpc) is 3.68. The second-order valence-corrected chi connectivity index (χ2v) is 11.1. The van der Waals surface area contributed by atoms with Gasteiger partial charge in [0.2, 0.25) is 15.9 Å². The van der Waals surface area contributed by atoms with Crippen LogP contribution in [0.4, 0.5) is 15.0 Å². The number of carbonyl (C=O) groups excluding carboxylic acids is 1. The van der Waals surface area contributed by atoms with Gasteiger partial charge in [-0.25, -0.2) is 22.6 Å². The first-order chi connectivity index (χ1) is 17.4. The van der Waals surface area contributed by atoms with Gasteiger partial charge in [-0.15, -0.1) is 5.10 Å². The number of nitrogens with zero attached hydrogens (tertiary/aromatic N) is 4. The van der Waals surface area contributed by atoms with Crippen molar-refractivity contribution in [1.29, 1.82) is 0 Å². The van der Waals surface area contributed by atoms with Gasteiger partial charge in [0, 0.05) is 35.7 Å². The molecule has 2 aromatic heterocycles. The number of hydrogen-bond acceptors (Lipinski definition) is 8. The number of anilines is 1. The van der Waals surface area contributed by atoms with Crippen LogP contribution in [0, 0.1) is 5.82 Å². The van der Waals surface area contributed by atoms with Crippen LogP contribution in [0.2, 0.25) is 0 Å². The molecule has 36 heavy (non-hydrogen) atoms. The number of benzene rings is 1. The number of aromatic nitrogens is 3. The summed E-state index contributed by atoms with van der Waals surface area (Å²) in [6.45, 7) is -0.0946. The number of nitrogens with one attached hydrogen (secondary N) is 1. The highest BCUT2D eigenvalue weighted by Gasteiger charge is 2.52. The monoisotopic (exact) mass is 511 g/mol. The van der Waals surface area contributed by atoms with Crippen molar-refractivity contribution in [1.82, 2.24) is 20.1 Å². The van der Waals surface area contributed by atoms with Crippen molar-refractivity contribution in [3.63, 3.8) is 0 Å². The number of hydrogen-bond donors (Lipinski definition) is 1. The van der Waals surface area contributed by atoms with Crippen LogP contribution in [0.1, 0.15) is 43.2 Å². The van der Waals surface area contributed by atoms with Crippen LogP contribution in [0.3, 0.4) is 0 Å². The summed E-state index contributed by atoms with van der Waals surface area (Å²) in [5.74, 6) is -0.0369. The molecule has 6 rings (SSSR count). The van der Waals surface area contributed by atoms with Crippen molar-refractivity contribution in [3.8, 4) is 17.4 Å². The van der Waals surface area contributed by atoms with Crippen molar-refractivity contribution in [3.05, 3.63) is 65.7 Å². The lowest BCUT2D eigenvalue weighted by molar-refractivity contribution is 0.00112. The molecule has 2 fully saturated rings. The van der Waals surface area contributed by atoms with E-state index in [2.05, 4.69) is 19.9 Å². The number of amides is 1. The van der Waals surface area contributed by atoms with Crippen LogP contribution in [-0.2, 0) is 22.1 Å². The van der Waals surface area contributed by atoms with Crippen molar-refractivity contribution in [2.45, 2.75) is 49.4 Å². The largest absolute Gasteiger partial charge is 0.437 e. The summed E-state index contributed by atoms with van der Waals surface area (Å²) in [7, 11) is -3.68. The first-order valence-corrected chi connectivity index (χ1v) is 13.1. The predicted octanol–water partition coefficient (Wildman–Crippen LogP) is 4.10. The van der Waals surface area contributed by atoms with Crippen LogP contribution < -0.4 is 14.2 Å². The summed E-state index contributed by atoms with van der Waals surface area (Å²) in [6, 6.07) is 10.0. The third-order valence-electron chi connectivity index (χ3n) is 6.84. The molecule has 0 atom stereocenters. The molecule has 3 aliphatic rings. The number of carbonyl (C=O) groups is 1. The summed E-state index contributed by atoms with van der Waals surface area (Å²) < 4.78 is 53.5. The van der Waals surface area contributed by atoms with Gasteiger partial charge in [-0.3, -0.25) is 9.62 Å². The lowest BCUT2D eigenvalue weighted by atomic mass is 9.69. The second kappa shape index (κ2) is 8.40. The highest BCUT2D eigenvalue weighted by Crippen LogP contribution is 2.53. The maximum atomic E-state index is 15.3. The number of rotatable bonds is 7. The maximum Gasteiger partial charge on any atom is 0.416 e. The molecule has 3 aromatic rings. The zero-order valence-electron chi connectivity index (χ0n) is 19.1. The lowest BCUT2D eigenvalue weighted by Gasteiger charge is -2.52. The molecule has 3 heterocycles. The van der Waals surface area contributed by atoms with Gasteiger partial charge in [0.05, 0.1) is 17.3 Å². The molecule has 2 saturated carbocycles. The van der Waals surface area contributed by atoms with E-state index in [1.54, 1.807) is 24.3 Å². The van der Waals surface area contributed by atoms with Gasteiger partial charge >= 0.3 is 6.09 Å². The SMILES string of the molecule is O=C1Oc2cc(Oc3cccnn3)ccc2C2(CCC2)N1Cc1ccnc(NS(=O)(=O)C2CC2)c1F. The number of sulfonamides is 1. The van der Waals surface area contributed by atoms with E-state index in [0.717, 1.165) is 12.0 Å². The topological polar surface area (TPSA) is 124 Å². The Balaban J connectivity index is 1.28. The van der Waals surface area contributed by atoms with E-state index in [4.69, 9.17) is 9.47 Å². The summed E-state index contributed by atoms with van der Waals surface area (Å²) in [5.41, 5.74) is 0.302. The molecule has 2 aliphatic carbocycles. The van der Waals surface area contributed by atoms with Crippen molar-refractivity contribution < 1.29 is 27.1 Å². The van der Waals surface area contributed by atoms with Crippen molar-refractivity contribution in [2.75, 3.05) is 4.72 Å². The fourth-order valence-corrected chi connectivity index (χ4v) is 6.01. The number of fused-ring (bicyclic) bond motifs is 2. The molecular formula is C24H22FN5O5S. The number of halogens is 1. The van der Waals surface area contributed by atoms with Gasteiger partial charge in [0.1, 0.15) is 11.5 Å². The van der Waals surface area contributed by atoms with Gasteiger partial charge in [-0.2, -0.15) is 5.10 Å². The Labute approximate surface area is 206 Å². The molecule has 10 nitrogen and oxygen atoms in total. The minimum atomic E-state index is -3.68. The molecule has 1 N–H and O–H groups in total. The Morgan fingerprint density at radius 2 is 2.03 bits per heavy atom. The Hall–Kier alpha value is -3.80. The quantitative estimate of drug-likeness (QED) is 0.503. The Bertz CT molecular complexity index is 1440. The van der Waals surface area contributed by atoms with E-state index in [1.165, 1.54) is 23.4 Å². The summed E-state index contributed by atoms with van der Waals surface area (Å²) >= 11 is 0. The zero-order chi connectivity index (χ0) is 24.9. The Morgan fingerprint density at radius 3 is 2.72 bits per heavy atom. The van der Waals surface area contributed by atoms with Crippen LogP contribution >= 0.6 is 0 Å². The smallest absolute Gasteiger partial charge is 0.416 e. The van der Waals surface area contributed by atoms with Gasteiger partial charge in [0.25, 0.3) is 0 Å². The van der Waals surface area contributed by atoms with E-state index < -0.39 is 32.7 Å². The first kappa shape index (κ1) is 22.7. The number of pyridine rings is 1. The molecule has 186 valence electrons. The maximum absolute atomic E-state index is 15.3. The molecule has 1 spiro atoms. The van der Waals surface area contributed by atoms with E-state index in [1.807, 2.05) is 6.07 Å². The van der Waals surface area contributed by atoms with E-state index in [-0.39, 0.29) is 17.9 Å². The van der Waals surface area contributed by atoms with Crippen LogP contribution in [-0.4, -0.2) is 39.8 Å². The standard InChI is InChI=1S/C24H22FN5O5S/c25-21-15(8-12-26-22(21)29-36(32,33)17-5-6-17)14-30-23(31)35-19-13-16(34-20-3-1-11-27-28-20)4-7-18(19)24(30)9-2-10-24/h1,3-4,7-8,11-13,17H,2,5-6,9-10,14H2,(H,26,29).